The fourth-order valence-electron chi connectivity index (χ4n) is 2.05. The fourth-order valence-corrected chi connectivity index (χ4v) is 2.96. The van der Waals surface area contributed by atoms with Crippen LogP contribution in [-0.4, -0.2) is 14.5 Å². The summed E-state index contributed by atoms with van der Waals surface area (Å²) >= 11 is 7.73. The van der Waals surface area contributed by atoms with Crippen molar-refractivity contribution >= 4 is 28.6 Å². The molecule has 0 fully saturated rings. The third-order valence-electron chi connectivity index (χ3n) is 3.04. The number of nitrogens with zero attached hydrogens (tertiary/aromatic N) is 3. The van der Waals surface area contributed by atoms with Crippen LogP contribution in [0.25, 0.3) is 10.7 Å². The first-order valence-electron chi connectivity index (χ1n) is 6.13. The highest BCUT2D eigenvalue weighted by Crippen LogP contribution is 2.27. The molecule has 0 amide bonds. The molecule has 5 nitrogen and oxygen atoms in total. The van der Waals surface area contributed by atoms with Gasteiger partial charge < -0.3 is 4.57 Å². The van der Waals surface area contributed by atoms with Gasteiger partial charge in [0.05, 0.1) is 16.3 Å². The zero-order valence-electron chi connectivity index (χ0n) is 10.8. The summed E-state index contributed by atoms with van der Waals surface area (Å²) in [7, 11) is 0. The first kappa shape index (κ1) is 13.8. The van der Waals surface area contributed by atoms with Crippen LogP contribution in [0.2, 0.25) is 5.02 Å². The van der Waals surface area contributed by atoms with Crippen LogP contribution in [-0.2, 0) is 6.54 Å². The maximum atomic E-state index is 10.9. The number of nitro groups is 1. The Morgan fingerprint density at radius 2 is 2.24 bits per heavy atom. The number of aromatic nitrogens is 2. The van der Waals surface area contributed by atoms with Crippen molar-refractivity contribution in [1.82, 2.24) is 9.55 Å². The van der Waals surface area contributed by atoms with Crippen LogP contribution in [0.1, 0.15) is 5.56 Å². The quantitative estimate of drug-likeness (QED) is 0.534. The molecule has 0 unspecified atom stereocenters. The Labute approximate surface area is 129 Å². The number of rotatable bonds is 4. The Kier molecular flexibility index (Phi) is 3.72. The van der Waals surface area contributed by atoms with E-state index in [-0.39, 0.29) is 5.69 Å². The van der Waals surface area contributed by atoms with Crippen molar-refractivity contribution in [1.29, 1.82) is 0 Å². The number of nitro benzene ring substituents is 1. The average Bonchev–Trinajstić information content (AvgIpc) is 3.11. The summed E-state index contributed by atoms with van der Waals surface area (Å²) in [5, 5.41) is 13.4. The molecule has 0 saturated heterocycles. The molecule has 1 aromatic carbocycles. The summed E-state index contributed by atoms with van der Waals surface area (Å²) in [4.78, 5) is 15.8. The molecule has 0 radical (unpaired) electrons. The molecule has 0 aliphatic carbocycles. The number of benzene rings is 1. The predicted octanol–water partition coefficient (Wildman–Crippen LogP) is 4.22. The van der Waals surface area contributed by atoms with Crippen LogP contribution in [0, 0.1) is 10.1 Å². The van der Waals surface area contributed by atoms with E-state index in [1.165, 1.54) is 12.1 Å². The molecule has 0 N–H and O–H groups in total. The Hall–Kier alpha value is -2.18. The molecule has 2 aromatic heterocycles. The third-order valence-corrected chi connectivity index (χ3v) is 4.27. The zero-order chi connectivity index (χ0) is 14.8. The van der Waals surface area contributed by atoms with Gasteiger partial charge in [-0.3, -0.25) is 10.1 Å². The lowest BCUT2D eigenvalue weighted by molar-refractivity contribution is -0.384. The smallest absolute Gasteiger partial charge is 0.269 e. The van der Waals surface area contributed by atoms with Gasteiger partial charge in [0.2, 0.25) is 0 Å². The molecule has 0 aliphatic heterocycles. The predicted molar refractivity (Wildman–Crippen MR) is 82.7 cm³/mol. The van der Waals surface area contributed by atoms with Crippen LogP contribution < -0.4 is 0 Å². The van der Waals surface area contributed by atoms with E-state index in [0.29, 0.717) is 17.1 Å². The van der Waals surface area contributed by atoms with Crippen molar-refractivity contribution in [2.45, 2.75) is 6.54 Å². The van der Waals surface area contributed by atoms with E-state index in [1.807, 2.05) is 28.3 Å². The van der Waals surface area contributed by atoms with Gasteiger partial charge in [-0.25, -0.2) is 4.98 Å². The van der Waals surface area contributed by atoms with Crippen LogP contribution in [0.5, 0.6) is 0 Å². The number of hydrogen-bond acceptors (Lipinski definition) is 4. The van der Waals surface area contributed by atoms with Crippen molar-refractivity contribution in [3.05, 3.63) is 68.8 Å². The monoisotopic (exact) mass is 319 g/mol. The van der Waals surface area contributed by atoms with Crippen molar-refractivity contribution in [3.8, 4) is 10.7 Å². The summed E-state index contributed by atoms with van der Waals surface area (Å²) in [5.41, 5.74) is 0.730. The maximum Gasteiger partial charge on any atom is 0.269 e. The van der Waals surface area contributed by atoms with Gasteiger partial charge >= 0.3 is 0 Å². The lowest BCUT2D eigenvalue weighted by atomic mass is 10.2. The normalized spacial score (nSPS) is 10.7. The summed E-state index contributed by atoms with van der Waals surface area (Å²) in [5.74, 6) is 0.826. The highest BCUT2D eigenvalue weighted by Gasteiger charge is 2.13. The van der Waals surface area contributed by atoms with E-state index in [0.717, 1.165) is 10.7 Å². The highest BCUT2D eigenvalue weighted by atomic mass is 35.5. The molecular formula is C14H10ClN3O2S. The van der Waals surface area contributed by atoms with E-state index in [9.17, 15) is 10.1 Å². The van der Waals surface area contributed by atoms with Gasteiger partial charge in [-0.15, -0.1) is 11.3 Å². The van der Waals surface area contributed by atoms with Gasteiger partial charge in [0.15, 0.2) is 0 Å². The fraction of sp³-hybridized carbons (Fsp3) is 0.0714. The minimum absolute atomic E-state index is 0.0344. The molecule has 0 spiro atoms. The van der Waals surface area contributed by atoms with Crippen LogP contribution in [0.3, 0.4) is 0 Å². The molecule has 7 heteroatoms. The second-order valence-electron chi connectivity index (χ2n) is 4.39. The van der Waals surface area contributed by atoms with Gasteiger partial charge in [0.25, 0.3) is 5.69 Å². The van der Waals surface area contributed by atoms with Crippen molar-refractivity contribution in [2.75, 3.05) is 0 Å². The van der Waals surface area contributed by atoms with Gasteiger partial charge in [0.1, 0.15) is 5.82 Å². The molecule has 3 rings (SSSR count). The SMILES string of the molecule is O=[N+]([O-])c1ccc(Cl)c(Cn2ccnc2-c2cccs2)c1. The Bertz CT molecular complexity index is 783. The average molecular weight is 320 g/mol. The van der Waals surface area contributed by atoms with Gasteiger partial charge in [0, 0.05) is 29.5 Å². The number of hydrogen-bond donors (Lipinski definition) is 0. The summed E-state index contributed by atoms with van der Waals surface area (Å²) in [6.45, 7) is 0.438. The minimum Gasteiger partial charge on any atom is -0.326 e. The molecule has 21 heavy (non-hydrogen) atoms. The van der Waals surface area contributed by atoms with E-state index < -0.39 is 4.92 Å². The van der Waals surface area contributed by atoms with Gasteiger partial charge in [-0.05, 0) is 23.1 Å². The molecule has 0 aliphatic rings. The number of non-ortho nitro benzene ring substituents is 1. The second kappa shape index (κ2) is 5.67. The van der Waals surface area contributed by atoms with Crippen molar-refractivity contribution < 1.29 is 4.92 Å². The molecule has 106 valence electrons. The molecule has 0 atom stereocenters. The lowest BCUT2D eigenvalue weighted by Crippen LogP contribution is -2.02. The molecule has 2 heterocycles. The number of halogens is 1. The van der Waals surface area contributed by atoms with Crippen LogP contribution in [0.15, 0.2) is 48.1 Å². The summed E-state index contributed by atoms with van der Waals surface area (Å²) in [6, 6.07) is 8.40. The molecular weight excluding hydrogens is 310 g/mol. The standard InChI is InChI=1S/C14H10ClN3O2S/c15-12-4-3-11(18(19)20)8-10(12)9-17-6-5-16-14(17)13-2-1-7-21-13/h1-8H,9H2. The molecule has 3 aromatic rings. The first-order valence-corrected chi connectivity index (χ1v) is 7.39. The zero-order valence-corrected chi connectivity index (χ0v) is 12.3. The van der Waals surface area contributed by atoms with Crippen LogP contribution in [0.4, 0.5) is 5.69 Å². The Balaban J connectivity index is 1.96. The topological polar surface area (TPSA) is 61.0 Å². The number of thiophene rings is 1. The maximum absolute atomic E-state index is 10.9. The second-order valence-corrected chi connectivity index (χ2v) is 5.74. The lowest BCUT2D eigenvalue weighted by Gasteiger charge is -2.08. The van der Waals surface area contributed by atoms with E-state index in [1.54, 1.807) is 23.6 Å². The minimum atomic E-state index is -0.423. The highest BCUT2D eigenvalue weighted by molar-refractivity contribution is 7.13. The summed E-state index contributed by atoms with van der Waals surface area (Å²) in [6.07, 6.45) is 3.55. The molecule has 0 saturated carbocycles. The number of imidazole rings is 1. The molecule has 0 bridgehead atoms. The largest absolute Gasteiger partial charge is 0.326 e. The van der Waals surface area contributed by atoms with E-state index >= 15 is 0 Å². The Morgan fingerprint density at radius 1 is 1.38 bits per heavy atom. The Morgan fingerprint density at radius 3 is 2.95 bits per heavy atom. The van der Waals surface area contributed by atoms with Crippen LogP contribution >= 0.6 is 22.9 Å². The van der Waals surface area contributed by atoms with E-state index in [4.69, 9.17) is 11.6 Å². The third kappa shape index (κ3) is 2.81. The van der Waals surface area contributed by atoms with Gasteiger partial charge in [-0.2, -0.15) is 0 Å². The van der Waals surface area contributed by atoms with Crippen molar-refractivity contribution in [2.24, 2.45) is 0 Å². The van der Waals surface area contributed by atoms with Gasteiger partial charge in [-0.1, -0.05) is 17.7 Å². The summed E-state index contributed by atoms with van der Waals surface area (Å²) < 4.78 is 1.93. The van der Waals surface area contributed by atoms with E-state index in [2.05, 4.69) is 4.98 Å². The van der Waals surface area contributed by atoms with Crippen molar-refractivity contribution in [3.63, 3.8) is 0 Å². The first-order chi connectivity index (χ1) is 10.1.